The summed E-state index contributed by atoms with van der Waals surface area (Å²) in [7, 11) is 0. The zero-order chi connectivity index (χ0) is 23.2. The van der Waals surface area contributed by atoms with Crippen molar-refractivity contribution in [3.8, 4) is 0 Å². The number of piperidine rings is 1. The zero-order valence-electron chi connectivity index (χ0n) is 18.1. The Morgan fingerprint density at radius 2 is 1.91 bits per heavy atom. The predicted molar refractivity (Wildman–Crippen MR) is 126 cm³/mol. The SMILES string of the molecule is NC(=O)C1CCCN(Cc2ccc(NC(=O)c3cccnc3Nc3cccc(F)c3)cc2)C1. The molecule has 1 unspecified atom stereocenters. The summed E-state index contributed by atoms with van der Waals surface area (Å²) in [4.78, 5) is 30.8. The normalized spacial score (nSPS) is 16.2. The largest absolute Gasteiger partial charge is 0.369 e. The molecule has 0 spiro atoms. The van der Waals surface area contributed by atoms with Crippen LogP contribution in [-0.4, -0.2) is 34.8 Å². The average molecular weight is 448 g/mol. The van der Waals surface area contributed by atoms with Gasteiger partial charge in [0.25, 0.3) is 5.91 Å². The number of nitrogens with two attached hydrogens (primary N) is 1. The summed E-state index contributed by atoms with van der Waals surface area (Å²) in [6.45, 7) is 2.34. The maximum Gasteiger partial charge on any atom is 0.259 e. The average Bonchev–Trinajstić information content (AvgIpc) is 2.81. The Morgan fingerprint density at radius 3 is 2.67 bits per heavy atom. The molecule has 7 nitrogen and oxygen atoms in total. The minimum Gasteiger partial charge on any atom is -0.369 e. The zero-order valence-corrected chi connectivity index (χ0v) is 18.1. The van der Waals surface area contributed by atoms with Crippen molar-refractivity contribution < 1.29 is 14.0 Å². The van der Waals surface area contributed by atoms with Crippen LogP contribution in [0.2, 0.25) is 0 Å². The first-order valence-electron chi connectivity index (χ1n) is 10.9. The van der Waals surface area contributed by atoms with Gasteiger partial charge < -0.3 is 16.4 Å². The molecule has 3 aromatic rings. The molecule has 1 atom stereocenters. The van der Waals surface area contributed by atoms with Crippen LogP contribution in [0.1, 0.15) is 28.8 Å². The number of carbonyl (C=O) groups excluding carboxylic acids is 2. The molecule has 1 aromatic heterocycles. The Bertz CT molecular complexity index is 1140. The number of likely N-dealkylation sites (tertiary alicyclic amines) is 1. The lowest BCUT2D eigenvalue weighted by molar-refractivity contribution is -0.123. The highest BCUT2D eigenvalue weighted by molar-refractivity contribution is 6.07. The molecule has 0 aliphatic carbocycles. The van der Waals surface area contributed by atoms with Crippen LogP contribution >= 0.6 is 0 Å². The fourth-order valence-corrected chi connectivity index (χ4v) is 3.97. The van der Waals surface area contributed by atoms with E-state index in [0.29, 0.717) is 29.3 Å². The third kappa shape index (κ3) is 5.93. The Labute approximate surface area is 191 Å². The number of amides is 2. The third-order valence-corrected chi connectivity index (χ3v) is 5.67. The van der Waals surface area contributed by atoms with Crippen molar-refractivity contribution in [2.75, 3.05) is 23.7 Å². The van der Waals surface area contributed by atoms with Crippen molar-refractivity contribution in [2.45, 2.75) is 19.4 Å². The second-order valence-corrected chi connectivity index (χ2v) is 8.16. The number of hydrogen-bond acceptors (Lipinski definition) is 5. The van der Waals surface area contributed by atoms with Gasteiger partial charge in [0.15, 0.2) is 0 Å². The molecule has 2 amide bonds. The van der Waals surface area contributed by atoms with Gasteiger partial charge in [-0.05, 0) is 67.4 Å². The van der Waals surface area contributed by atoms with Gasteiger partial charge >= 0.3 is 0 Å². The van der Waals surface area contributed by atoms with E-state index in [1.165, 1.54) is 12.1 Å². The van der Waals surface area contributed by atoms with Gasteiger partial charge in [-0.15, -0.1) is 0 Å². The summed E-state index contributed by atoms with van der Waals surface area (Å²) < 4.78 is 13.5. The highest BCUT2D eigenvalue weighted by Gasteiger charge is 2.23. The number of benzene rings is 2. The monoisotopic (exact) mass is 447 g/mol. The summed E-state index contributed by atoms with van der Waals surface area (Å²) in [5, 5.41) is 5.88. The van der Waals surface area contributed by atoms with E-state index in [4.69, 9.17) is 5.73 Å². The first-order valence-corrected chi connectivity index (χ1v) is 10.9. The van der Waals surface area contributed by atoms with Gasteiger partial charge in [-0.2, -0.15) is 0 Å². The summed E-state index contributed by atoms with van der Waals surface area (Å²) in [5.41, 5.74) is 8.05. The maximum atomic E-state index is 13.5. The van der Waals surface area contributed by atoms with Crippen molar-refractivity contribution in [3.63, 3.8) is 0 Å². The molecule has 170 valence electrons. The van der Waals surface area contributed by atoms with E-state index >= 15 is 0 Å². The molecule has 1 aliphatic heterocycles. The van der Waals surface area contributed by atoms with Crippen LogP contribution < -0.4 is 16.4 Å². The Morgan fingerprint density at radius 1 is 1.09 bits per heavy atom. The number of carbonyl (C=O) groups is 2. The van der Waals surface area contributed by atoms with Crippen LogP contribution in [-0.2, 0) is 11.3 Å². The second kappa shape index (κ2) is 10.2. The van der Waals surface area contributed by atoms with Crippen molar-refractivity contribution in [1.82, 2.24) is 9.88 Å². The van der Waals surface area contributed by atoms with E-state index in [9.17, 15) is 14.0 Å². The summed E-state index contributed by atoms with van der Waals surface area (Å²) in [5.74, 6) is -0.690. The van der Waals surface area contributed by atoms with Crippen LogP contribution in [0.25, 0.3) is 0 Å². The topological polar surface area (TPSA) is 100 Å². The number of rotatable bonds is 7. The molecule has 1 saturated heterocycles. The third-order valence-electron chi connectivity index (χ3n) is 5.67. The molecule has 1 fully saturated rings. The number of primary amides is 1. The Hall–Kier alpha value is -3.78. The highest BCUT2D eigenvalue weighted by atomic mass is 19.1. The van der Waals surface area contributed by atoms with E-state index in [0.717, 1.165) is 31.5 Å². The Kier molecular flexibility index (Phi) is 6.95. The van der Waals surface area contributed by atoms with Crippen LogP contribution in [0, 0.1) is 11.7 Å². The quantitative estimate of drug-likeness (QED) is 0.510. The lowest BCUT2D eigenvalue weighted by Crippen LogP contribution is -2.40. The smallest absolute Gasteiger partial charge is 0.259 e. The number of anilines is 3. The number of nitrogens with one attached hydrogen (secondary N) is 2. The van der Waals surface area contributed by atoms with Gasteiger partial charge in [-0.3, -0.25) is 14.5 Å². The molecule has 1 aliphatic rings. The molecular formula is C25H26FN5O2. The maximum absolute atomic E-state index is 13.5. The van der Waals surface area contributed by atoms with Crippen molar-refractivity contribution in [3.05, 3.63) is 83.8 Å². The molecule has 0 radical (unpaired) electrons. The minimum absolute atomic E-state index is 0.0908. The molecule has 8 heteroatoms. The summed E-state index contributed by atoms with van der Waals surface area (Å²) in [6.07, 6.45) is 3.37. The first-order chi connectivity index (χ1) is 16.0. The van der Waals surface area contributed by atoms with Gasteiger partial charge in [0, 0.05) is 30.7 Å². The molecule has 4 N–H and O–H groups in total. The van der Waals surface area contributed by atoms with E-state index in [1.807, 2.05) is 24.3 Å². The van der Waals surface area contributed by atoms with Crippen LogP contribution in [0.3, 0.4) is 0 Å². The lowest BCUT2D eigenvalue weighted by Gasteiger charge is -2.31. The fourth-order valence-electron chi connectivity index (χ4n) is 3.97. The van der Waals surface area contributed by atoms with E-state index < -0.39 is 0 Å². The second-order valence-electron chi connectivity index (χ2n) is 8.16. The minimum atomic E-state index is -0.378. The molecule has 2 aromatic carbocycles. The first kappa shape index (κ1) is 22.4. The number of pyridine rings is 1. The van der Waals surface area contributed by atoms with Gasteiger partial charge in [0.1, 0.15) is 11.6 Å². The van der Waals surface area contributed by atoms with Crippen molar-refractivity contribution >= 4 is 29.0 Å². The van der Waals surface area contributed by atoms with Gasteiger partial charge in [-0.1, -0.05) is 18.2 Å². The van der Waals surface area contributed by atoms with E-state index in [2.05, 4.69) is 20.5 Å². The van der Waals surface area contributed by atoms with E-state index in [1.54, 1.807) is 30.5 Å². The van der Waals surface area contributed by atoms with Crippen molar-refractivity contribution in [2.24, 2.45) is 11.7 Å². The van der Waals surface area contributed by atoms with Gasteiger partial charge in [0.05, 0.1) is 11.5 Å². The van der Waals surface area contributed by atoms with Crippen molar-refractivity contribution in [1.29, 1.82) is 0 Å². The van der Waals surface area contributed by atoms with Gasteiger partial charge in [-0.25, -0.2) is 9.37 Å². The fraction of sp³-hybridized carbons (Fsp3) is 0.240. The molecule has 4 rings (SSSR count). The van der Waals surface area contributed by atoms with Crippen LogP contribution in [0.5, 0.6) is 0 Å². The molecular weight excluding hydrogens is 421 g/mol. The molecule has 33 heavy (non-hydrogen) atoms. The Balaban J connectivity index is 1.40. The highest BCUT2D eigenvalue weighted by Crippen LogP contribution is 2.22. The lowest BCUT2D eigenvalue weighted by atomic mass is 9.97. The van der Waals surface area contributed by atoms with Crippen LogP contribution in [0.4, 0.5) is 21.6 Å². The number of nitrogens with zero attached hydrogens (tertiary/aromatic N) is 2. The van der Waals surface area contributed by atoms with Crippen LogP contribution in [0.15, 0.2) is 66.9 Å². The predicted octanol–water partition coefficient (Wildman–Crippen LogP) is 3.91. The number of hydrogen-bond donors (Lipinski definition) is 3. The summed E-state index contributed by atoms with van der Waals surface area (Å²) in [6, 6.07) is 16.9. The summed E-state index contributed by atoms with van der Waals surface area (Å²) >= 11 is 0. The molecule has 2 heterocycles. The van der Waals surface area contributed by atoms with E-state index in [-0.39, 0.29) is 23.5 Å². The van der Waals surface area contributed by atoms with Gasteiger partial charge in [0.2, 0.25) is 5.91 Å². The number of halogens is 1. The standard InChI is InChI=1S/C25H26FN5O2/c26-19-5-1-6-21(14-19)29-24-22(7-2-12-28-24)25(33)30-20-10-8-17(9-11-20)15-31-13-3-4-18(16-31)23(27)32/h1-2,5-12,14,18H,3-4,13,15-16H2,(H2,27,32)(H,28,29)(H,30,33). The number of aromatic nitrogens is 1. The molecule has 0 bridgehead atoms. The molecule has 0 saturated carbocycles.